The minimum absolute atomic E-state index is 0.232. The molecule has 108 valence electrons. The van der Waals surface area contributed by atoms with Crippen molar-refractivity contribution < 1.29 is 9.84 Å². The van der Waals surface area contributed by atoms with Gasteiger partial charge in [-0.1, -0.05) is 13.8 Å². The molecule has 3 heteroatoms. The van der Waals surface area contributed by atoms with Crippen LogP contribution in [0.1, 0.15) is 25.0 Å². The maximum atomic E-state index is 9.44. The fraction of sp³-hybridized carbons (Fsp3) is 0.625. The minimum atomic E-state index is 0.232. The second-order valence-electron chi connectivity index (χ2n) is 5.68. The highest BCUT2D eigenvalue weighted by atomic mass is 16.5. The number of methoxy groups -OCH3 is 1. The van der Waals surface area contributed by atoms with Crippen LogP contribution in [0.4, 0.5) is 5.69 Å². The van der Waals surface area contributed by atoms with Gasteiger partial charge in [-0.05, 0) is 43.0 Å². The topological polar surface area (TPSA) is 32.7 Å². The molecule has 0 radical (unpaired) electrons. The Hall–Kier alpha value is -1.22. The molecule has 1 aromatic carbocycles. The molecule has 0 saturated heterocycles. The number of hydrogen-bond donors (Lipinski definition) is 1. The number of benzene rings is 1. The highest BCUT2D eigenvalue weighted by Gasteiger charge is 2.16. The summed E-state index contributed by atoms with van der Waals surface area (Å²) >= 11 is 0. The summed E-state index contributed by atoms with van der Waals surface area (Å²) in [5.41, 5.74) is 3.47. The zero-order chi connectivity index (χ0) is 14.6. The van der Waals surface area contributed by atoms with Gasteiger partial charge in [0, 0.05) is 31.8 Å². The van der Waals surface area contributed by atoms with Crippen molar-refractivity contribution in [1.29, 1.82) is 0 Å². The van der Waals surface area contributed by atoms with E-state index in [1.807, 2.05) is 0 Å². The number of anilines is 1. The van der Waals surface area contributed by atoms with Gasteiger partial charge in [0.15, 0.2) is 0 Å². The van der Waals surface area contributed by atoms with E-state index in [9.17, 15) is 5.11 Å². The van der Waals surface area contributed by atoms with E-state index in [1.165, 1.54) is 5.69 Å². The first kappa shape index (κ1) is 15.8. The van der Waals surface area contributed by atoms with Gasteiger partial charge in [0.2, 0.25) is 0 Å². The van der Waals surface area contributed by atoms with Gasteiger partial charge in [0.05, 0.1) is 7.11 Å². The molecule has 0 spiro atoms. The molecule has 19 heavy (non-hydrogen) atoms. The first-order valence-corrected chi connectivity index (χ1v) is 6.87. The van der Waals surface area contributed by atoms with Crippen LogP contribution in [0.3, 0.4) is 0 Å². The van der Waals surface area contributed by atoms with Gasteiger partial charge in [-0.25, -0.2) is 0 Å². The largest absolute Gasteiger partial charge is 0.496 e. The van der Waals surface area contributed by atoms with E-state index in [-0.39, 0.29) is 6.61 Å². The van der Waals surface area contributed by atoms with Gasteiger partial charge in [-0.2, -0.15) is 0 Å². The van der Waals surface area contributed by atoms with Crippen molar-refractivity contribution in [3.8, 4) is 5.75 Å². The summed E-state index contributed by atoms with van der Waals surface area (Å²) in [5, 5.41) is 9.44. The quantitative estimate of drug-likeness (QED) is 0.858. The molecular formula is C16H27NO2. The fourth-order valence-corrected chi connectivity index (χ4v) is 2.41. The van der Waals surface area contributed by atoms with E-state index in [4.69, 9.17) is 4.74 Å². The average molecular weight is 265 g/mol. The van der Waals surface area contributed by atoms with Gasteiger partial charge >= 0.3 is 0 Å². The second-order valence-corrected chi connectivity index (χ2v) is 5.68. The Bertz CT molecular complexity index is 392. The Labute approximate surface area is 117 Å². The summed E-state index contributed by atoms with van der Waals surface area (Å²) in [6.07, 6.45) is 0. The van der Waals surface area contributed by atoms with Crippen LogP contribution < -0.4 is 9.64 Å². The number of rotatable bonds is 6. The molecule has 0 saturated carbocycles. The van der Waals surface area contributed by atoms with Crippen molar-refractivity contribution in [3.05, 3.63) is 23.3 Å². The van der Waals surface area contributed by atoms with Crippen molar-refractivity contribution in [2.45, 2.75) is 27.7 Å². The van der Waals surface area contributed by atoms with Crippen LogP contribution >= 0.6 is 0 Å². The molecule has 0 aromatic heterocycles. The van der Waals surface area contributed by atoms with E-state index in [1.54, 1.807) is 7.11 Å². The van der Waals surface area contributed by atoms with Crippen molar-refractivity contribution in [1.82, 2.24) is 0 Å². The molecule has 1 rings (SSSR count). The monoisotopic (exact) mass is 265 g/mol. The molecule has 0 heterocycles. The lowest BCUT2D eigenvalue weighted by Crippen LogP contribution is -2.30. The van der Waals surface area contributed by atoms with Gasteiger partial charge in [0.25, 0.3) is 0 Å². The lowest BCUT2D eigenvalue weighted by molar-refractivity contribution is 0.193. The normalized spacial score (nSPS) is 12.6. The molecule has 0 fully saturated rings. The Balaban J connectivity index is 2.91. The highest BCUT2D eigenvalue weighted by molar-refractivity contribution is 5.56. The second kappa shape index (κ2) is 6.80. The van der Waals surface area contributed by atoms with Crippen LogP contribution in [0.2, 0.25) is 0 Å². The van der Waals surface area contributed by atoms with E-state index >= 15 is 0 Å². The van der Waals surface area contributed by atoms with Crippen molar-refractivity contribution in [3.63, 3.8) is 0 Å². The third kappa shape index (κ3) is 3.87. The van der Waals surface area contributed by atoms with E-state index in [0.29, 0.717) is 11.8 Å². The Morgan fingerprint density at radius 3 is 2.11 bits per heavy atom. The number of ether oxygens (including phenoxy) is 1. The Morgan fingerprint density at radius 1 is 1.21 bits per heavy atom. The van der Waals surface area contributed by atoms with Crippen molar-refractivity contribution in [2.75, 3.05) is 32.2 Å². The molecule has 0 amide bonds. The zero-order valence-electron chi connectivity index (χ0n) is 13.0. The molecule has 3 nitrogen and oxygen atoms in total. The summed E-state index contributed by atoms with van der Waals surface area (Å²) in [7, 11) is 3.78. The van der Waals surface area contributed by atoms with E-state index in [2.05, 4.69) is 51.8 Å². The molecule has 0 aliphatic rings. The van der Waals surface area contributed by atoms with Crippen LogP contribution in [0.15, 0.2) is 12.1 Å². The van der Waals surface area contributed by atoms with Crippen molar-refractivity contribution >= 4 is 5.69 Å². The molecule has 1 aromatic rings. The van der Waals surface area contributed by atoms with Crippen molar-refractivity contribution in [2.24, 2.45) is 11.8 Å². The number of aliphatic hydroxyl groups is 1. The molecule has 0 aliphatic carbocycles. The summed E-state index contributed by atoms with van der Waals surface area (Å²) < 4.78 is 5.39. The van der Waals surface area contributed by atoms with E-state index in [0.717, 1.165) is 23.4 Å². The lowest BCUT2D eigenvalue weighted by atomic mass is 9.96. The molecular weight excluding hydrogens is 238 g/mol. The van der Waals surface area contributed by atoms with E-state index < -0.39 is 0 Å². The van der Waals surface area contributed by atoms with Crippen LogP contribution in [0, 0.1) is 25.7 Å². The summed E-state index contributed by atoms with van der Waals surface area (Å²) in [6.45, 7) is 9.53. The van der Waals surface area contributed by atoms with Gasteiger partial charge in [0.1, 0.15) is 5.75 Å². The minimum Gasteiger partial charge on any atom is -0.496 e. The smallest absolute Gasteiger partial charge is 0.124 e. The third-order valence-corrected chi connectivity index (χ3v) is 3.78. The first-order valence-electron chi connectivity index (χ1n) is 6.87. The summed E-state index contributed by atoms with van der Waals surface area (Å²) in [6, 6.07) is 4.28. The molecule has 0 bridgehead atoms. The maximum absolute atomic E-state index is 9.44. The Morgan fingerprint density at radius 2 is 1.74 bits per heavy atom. The third-order valence-electron chi connectivity index (χ3n) is 3.78. The Kier molecular flexibility index (Phi) is 5.67. The summed E-state index contributed by atoms with van der Waals surface area (Å²) in [4.78, 5) is 2.21. The van der Waals surface area contributed by atoms with Crippen LogP contribution in [-0.2, 0) is 0 Å². The highest BCUT2D eigenvalue weighted by Crippen LogP contribution is 2.29. The standard InChI is InChI=1S/C16H27NO2/c1-11(2)14(10-18)9-17(5)15-7-12(3)16(19-6)13(4)8-15/h7-8,11,14,18H,9-10H2,1-6H3. The predicted octanol–water partition coefficient (Wildman–Crippen LogP) is 3.01. The van der Waals surface area contributed by atoms with Crippen LogP contribution in [-0.4, -0.2) is 32.4 Å². The SMILES string of the molecule is COc1c(C)cc(N(C)CC(CO)C(C)C)cc1C. The lowest BCUT2D eigenvalue weighted by Gasteiger charge is -2.28. The van der Waals surface area contributed by atoms with Gasteiger partial charge < -0.3 is 14.7 Å². The predicted molar refractivity (Wildman–Crippen MR) is 81.2 cm³/mol. The van der Waals surface area contributed by atoms with Crippen LogP contribution in [0.5, 0.6) is 5.75 Å². The maximum Gasteiger partial charge on any atom is 0.124 e. The summed E-state index contributed by atoms with van der Waals surface area (Å²) in [5.74, 6) is 1.74. The average Bonchev–Trinajstić information content (AvgIpc) is 2.34. The zero-order valence-corrected chi connectivity index (χ0v) is 13.0. The number of aliphatic hydroxyl groups excluding tert-OH is 1. The van der Waals surface area contributed by atoms with Gasteiger partial charge in [-0.15, -0.1) is 0 Å². The first-order chi connectivity index (χ1) is 8.90. The number of nitrogens with zero attached hydrogens (tertiary/aromatic N) is 1. The molecule has 1 unspecified atom stereocenters. The molecule has 1 N–H and O–H groups in total. The van der Waals surface area contributed by atoms with Gasteiger partial charge in [-0.3, -0.25) is 0 Å². The number of aryl methyl sites for hydroxylation is 2. The number of hydrogen-bond acceptors (Lipinski definition) is 3. The molecule has 0 aliphatic heterocycles. The molecule has 1 atom stereocenters. The van der Waals surface area contributed by atoms with Crippen LogP contribution in [0.25, 0.3) is 0 Å². The fourth-order valence-electron chi connectivity index (χ4n) is 2.41.